The number of ether oxygens (including phenoxy) is 2. The Labute approximate surface area is 187 Å². The van der Waals surface area contributed by atoms with Crippen LogP contribution in [0.2, 0.25) is 0 Å². The number of carbonyl (C=O) groups excluding carboxylic acids is 2. The molecule has 5 rings (SSSR count). The molecule has 0 bridgehead atoms. The highest BCUT2D eigenvalue weighted by Gasteiger charge is 2.42. The second-order valence-electron chi connectivity index (χ2n) is 7.49. The zero-order valence-corrected chi connectivity index (χ0v) is 17.8. The average molecular weight is 456 g/mol. The van der Waals surface area contributed by atoms with Crippen molar-refractivity contribution in [3.8, 4) is 17.4 Å². The van der Waals surface area contributed by atoms with Crippen molar-refractivity contribution in [2.75, 3.05) is 18.2 Å². The lowest BCUT2D eigenvalue weighted by molar-refractivity contribution is -0.122. The van der Waals surface area contributed by atoms with Gasteiger partial charge in [0, 0.05) is 30.5 Å². The van der Waals surface area contributed by atoms with Crippen molar-refractivity contribution in [3.05, 3.63) is 42.5 Å². The summed E-state index contributed by atoms with van der Waals surface area (Å²) in [7, 11) is 0. The van der Waals surface area contributed by atoms with Gasteiger partial charge in [-0.2, -0.15) is 9.36 Å². The van der Waals surface area contributed by atoms with Crippen molar-refractivity contribution < 1.29 is 19.1 Å². The number of carbonyl (C=O) groups is 2. The number of amides is 2. The van der Waals surface area contributed by atoms with E-state index in [1.165, 1.54) is 0 Å². The molecule has 2 aliphatic rings. The molecule has 11 nitrogen and oxygen atoms in total. The number of aromatic nitrogens is 4. The minimum atomic E-state index is -0.608. The SMILES string of the molecule is NC(=O)C1CCC(C(=O)NCCc2ccc3c(c2)OCO3)N1c1nc(-n2ccnc2)ns1. The Morgan fingerprint density at radius 1 is 1.22 bits per heavy atom. The number of fused-ring (bicyclic) bond motifs is 1. The van der Waals surface area contributed by atoms with E-state index in [1.54, 1.807) is 28.2 Å². The summed E-state index contributed by atoms with van der Waals surface area (Å²) >= 11 is 1.12. The number of benzene rings is 1. The topological polar surface area (TPSA) is 137 Å². The number of rotatable bonds is 7. The van der Waals surface area contributed by atoms with E-state index in [0.717, 1.165) is 22.8 Å². The summed E-state index contributed by atoms with van der Waals surface area (Å²) < 4.78 is 16.7. The van der Waals surface area contributed by atoms with E-state index in [4.69, 9.17) is 15.2 Å². The number of nitrogens with one attached hydrogen (secondary N) is 1. The number of hydrogen-bond donors (Lipinski definition) is 2. The first-order valence-electron chi connectivity index (χ1n) is 10.2. The van der Waals surface area contributed by atoms with Gasteiger partial charge in [0.1, 0.15) is 18.4 Å². The van der Waals surface area contributed by atoms with E-state index in [9.17, 15) is 9.59 Å². The first kappa shape index (κ1) is 20.2. The quantitative estimate of drug-likeness (QED) is 0.529. The summed E-state index contributed by atoms with van der Waals surface area (Å²) in [5, 5.41) is 3.45. The van der Waals surface area contributed by atoms with Gasteiger partial charge in [0.15, 0.2) is 11.5 Å². The van der Waals surface area contributed by atoms with Gasteiger partial charge in [0.05, 0.1) is 0 Å². The lowest BCUT2D eigenvalue weighted by atomic mass is 10.1. The molecule has 1 saturated heterocycles. The van der Waals surface area contributed by atoms with Gasteiger partial charge in [-0.1, -0.05) is 6.07 Å². The molecule has 1 fully saturated rings. The van der Waals surface area contributed by atoms with Crippen molar-refractivity contribution in [1.29, 1.82) is 0 Å². The van der Waals surface area contributed by atoms with Crippen LogP contribution in [0.3, 0.4) is 0 Å². The molecule has 12 heteroatoms. The van der Waals surface area contributed by atoms with E-state index in [0.29, 0.717) is 42.6 Å². The van der Waals surface area contributed by atoms with Crippen molar-refractivity contribution >= 4 is 28.5 Å². The normalized spacial score (nSPS) is 19.3. The first-order valence-corrected chi connectivity index (χ1v) is 10.9. The lowest BCUT2D eigenvalue weighted by Crippen LogP contribution is -2.50. The lowest BCUT2D eigenvalue weighted by Gasteiger charge is -2.27. The number of primary amides is 1. The van der Waals surface area contributed by atoms with E-state index in [1.807, 2.05) is 18.2 Å². The summed E-state index contributed by atoms with van der Waals surface area (Å²) in [5.41, 5.74) is 6.65. The Morgan fingerprint density at radius 3 is 2.88 bits per heavy atom. The summed E-state index contributed by atoms with van der Waals surface area (Å²) in [6.07, 6.45) is 6.56. The molecule has 0 spiro atoms. The fraction of sp³-hybridized carbons (Fsp3) is 0.350. The van der Waals surface area contributed by atoms with Crippen LogP contribution in [0, 0.1) is 0 Å². The molecule has 3 N–H and O–H groups in total. The summed E-state index contributed by atoms with van der Waals surface area (Å²) in [5.74, 6) is 1.21. The maximum Gasteiger partial charge on any atom is 0.248 e. The fourth-order valence-corrected chi connectivity index (χ4v) is 4.72. The van der Waals surface area contributed by atoms with Crippen LogP contribution in [0.25, 0.3) is 5.95 Å². The molecule has 2 aromatic heterocycles. The summed E-state index contributed by atoms with van der Waals surface area (Å²) in [4.78, 5) is 35.2. The molecule has 3 aromatic rings. The maximum atomic E-state index is 13.0. The summed E-state index contributed by atoms with van der Waals surface area (Å²) in [6.45, 7) is 0.669. The Morgan fingerprint density at radius 2 is 2.06 bits per heavy atom. The van der Waals surface area contributed by atoms with Crippen LogP contribution in [0.5, 0.6) is 11.5 Å². The number of nitrogens with two attached hydrogens (primary N) is 1. The molecule has 4 heterocycles. The van der Waals surface area contributed by atoms with Crippen molar-refractivity contribution in [2.24, 2.45) is 5.73 Å². The standard InChI is InChI=1S/C20H21N7O4S/c21-17(28)13-2-3-14(27(13)20-24-19(25-32-20)26-8-7-22-10-26)18(29)23-6-5-12-1-4-15-16(9-12)31-11-30-15/h1,4,7-10,13-14H,2-3,5-6,11H2,(H2,21,28)(H,23,29). The Bertz CT molecular complexity index is 1130. The highest BCUT2D eigenvalue weighted by Crippen LogP contribution is 2.33. The monoisotopic (exact) mass is 455 g/mol. The van der Waals surface area contributed by atoms with E-state index < -0.39 is 18.0 Å². The smallest absolute Gasteiger partial charge is 0.248 e. The Kier molecular flexibility index (Phi) is 5.35. The van der Waals surface area contributed by atoms with E-state index in [2.05, 4.69) is 19.7 Å². The van der Waals surface area contributed by atoms with Crippen LogP contribution in [0.4, 0.5) is 5.13 Å². The zero-order valence-electron chi connectivity index (χ0n) is 17.0. The maximum absolute atomic E-state index is 13.0. The van der Waals surface area contributed by atoms with Gasteiger partial charge in [-0.3, -0.25) is 14.2 Å². The van der Waals surface area contributed by atoms with E-state index >= 15 is 0 Å². The molecule has 2 unspecified atom stereocenters. The Balaban J connectivity index is 1.27. The molecular formula is C20H21N7O4S. The van der Waals surface area contributed by atoms with E-state index in [-0.39, 0.29) is 12.7 Å². The second-order valence-corrected chi connectivity index (χ2v) is 8.22. The zero-order chi connectivity index (χ0) is 22.1. The highest BCUT2D eigenvalue weighted by atomic mass is 32.1. The van der Waals surface area contributed by atoms with Crippen molar-refractivity contribution in [3.63, 3.8) is 0 Å². The molecule has 0 saturated carbocycles. The van der Waals surface area contributed by atoms with Crippen molar-refractivity contribution in [1.82, 2.24) is 24.2 Å². The summed E-state index contributed by atoms with van der Waals surface area (Å²) in [6, 6.07) is 4.57. The number of hydrogen-bond acceptors (Lipinski definition) is 9. The predicted molar refractivity (Wildman–Crippen MR) is 115 cm³/mol. The number of nitrogens with zero attached hydrogens (tertiary/aromatic N) is 5. The van der Waals surface area contributed by atoms with Gasteiger partial charge < -0.3 is 25.4 Å². The Hall–Kier alpha value is -3.67. The van der Waals surface area contributed by atoms with Crippen molar-refractivity contribution in [2.45, 2.75) is 31.3 Å². The molecule has 0 aliphatic carbocycles. The van der Waals surface area contributed by atoms with Gasteiger partial charge in [-0.25, -0.2) is 4.98 Å². The van der Waals surface area contributed by atoms with Crippen LogP contribution >= 0.6 is 11.5 Å². The van der Waals surface area contributed by atoms with Gasteiger partial charge >= 0.3 is 0 Å². The third-order valence-electron chi connectivity index (χ3n) is 5.53. The first-order chi connectivity index (χ1) is 15.6. The molecular weight excluding hydrogens is 434 g/mol. The number of anilines is 1. The predicted octanol–water partition coefficient (Wildman–Crippen LogP) is 0.634. The number of imidazole rings is 1. The largest absolute Gasteiger partial charge is 0.454 e. The molecule has 2 amide bonds. The molecule has 0 radical (unpaired) electrons. The fourth-order valence-electron chi connectivity index (χ4n) is 3.95. The van der Waals surface area contributed by atoms with Crippen LogP contribution in [-0.4, -0.2) is 56.1 Å². The third kappa shape index (κ3) is 3.84. The van der Waals surface area contributed by atoms with Crippen LogP contribution in [-0.2, 0) is 16.0 Å². The highest BCUT2D eigenvalue weighted by molar-refractivity contribution is 7.09. The minimum Gasteiger partial charge on any atom is -0.454 e. The van der Waals surface area contributed by atoms with Gasteiger partial charge in [-0.05, 0) is 37.0 Å². The molecule has 2 aliphatic heterocycles. The molecule has 32 heavy (non-hydrogen) atoms. The van der Waals surface area contributed by atoms with Gasteiger partial charge in [-0.15, -0.1) is 0 Å². The van der Waals surface area contributed by atoms with Gasteiger partial charge in [0.25, 0.3) is 0 Å². The minimum absolute atomic E-state index is 0.172. The average Bonchev–Trinajstić information content (AvgIpc) is 3.58. The second kappa shape index (κ2) is 8.46. The molecule has 166 valence electrons. The van der Waals surface area contributed by atoms with Crippen LogP contribution < -0.4 is 25.4 Å². The molecule has 2 atom stereocenters. The third-order valence-corrected chi connectivity index (χ3v) is 6.25. The van der Waals surface area contributed by atoms with Gasteiger partial charge in [0.2, 0.25) is 29.7 Å². The molecule has 1 aromatic carbocycles. The van der Waals surface area contributed by atoms with Crippen LogP contribution in [0.15, 0.2) is 36.9 Å². The van der Waals surface area contributed by atoms with Crippen LogP contribution in [0.1, 0.15) is 18.4 Å².